The van der Waals surface area contributed by atoms with Gasteiger partial charge in [0.25, 0.3) is 0 Å². The molecule has 23 heteroatoms. The van der Waals surface area contributed by atoms with Gasteiger partial charge in [-0.15, -0.1) is 0 Å². The number of rotatable bonds is 29. The van der Waals surface area contributed by atoms with Crippen LogP contribution in [0.25, 0.3) is 0 Å². The summed E-state index contributed by atoms with van der Waals surface area (Å²) in [5, 5.41) is 51.8. The van der Waals surface area contributed by atoms with Crippen LogP contribution in [-0.2, 0) is 33.6 Å². The molecule has 0 spiro atoms. The summed E-state index contributed by atoms with van der Waals surface area (Å²) in [6.45, 7) is 5.46. The van der Waals surface area contributed by atoms with Crippen molar-refractivity contribution in [2.45, 2.75) is 127 Å². The van der Waals surface area contributed by atoms with Crippen LogP contribution < -0.4 is 65.9 Å². The highest BCUT2D eigenvalue weighted by Gasteiger charge is 2.34. The SMILES string of the molecule is CC(C)C[C@H](NC(=O)[C@H](CCCNC(=N)N)NC(=O)[C@H](CCCNC(=N)N)NC(=O)[C@@H](N)CCCCN)C(=O)N[C@H](C(=O)N[C@@H](CCC(=O)O)C(N)=O)[C@@H](C)O. The van der Waals surface area contributed by atoms with Gasteiger partial charge in [0.1, 0.15) is 30.2 Å². The lowest BCUT2D eigenvalue weighted by molar-refractivity contribution is -0.138. The molecule has 0 saturated heterocycles. The fraction of sp³-hybridized carbons (Fsp3) is 0.727. The third-order valence-electron chi connectivity index (χ3n) is 8.25. The van der Waals surface area contributed by atoms with E-state index in [4.69, 9.17) is 44.6 Å². The van der Waals surface area contributed by atoms with Crippen molar-refractivity contribution in [3.63, 3.8) is 0 Å². The number of nitrogens with one attached hydrogen (secondary N) is 9. The molecule has 0 rings (SSSR count). The molecule has 0 unspecified atom stereocenters. The van der Waals surface area contributed by atoms with Crippen LogP contribution in [0.1, 0.15) is 85.0 Å². The third kappa shape index (κ3) is 22.2. The van der Waals surface area contributed by atoms with Gasteiger partial charge in [-0.3, -0.25) is 44.4 Å². The van der Waals surface area contributed by atoms with Crippen LogP contribution in [0.3, 0.4) is 0 Å². The highest BCUT2D eigenvalue weighted by Crippen LogP contribution is 2.10. The number of aliphatic carboxylic acids is 1. The van der Waals surface area contributed by atoms with Gasteiger partial charge in [0.05, 0.1) is 12.1 Å². The van der Waals surface area contributed by atoms with Crippen LogP contribution in [0.5, 0.6) is 0 Å². The van der Waals surface area contributed by atoms with Crippen molar-refractivity contribution in [3.05, 3.63) is 0 Å². The molecule has 0 aliphatic heterocycles. The van der Waals surface area contributed by atoms with E-state index in [1.807, 2.05) is 0 Å². The average Bonchev–Trinajstić information content (AvgIpc) is 3.09. The standard InChI is InChI=1S/C33H64N14O9/c1-17(2)16-23(30(55)47-25(18(3)48)31(56)43-20(26(36)51)11-12-24(49)50)46-29(54)22(10-7-15-42-33(39)40)45-28(53)21(9-6-14-41-32(37)38)44-27(52)19(35)8-4-5-13-34/h17-23,25,48H,4-16,34-35H2,1-3H3,(H2,36,51)(H,43,56)(H,44,52)(H,45,53)(H,46,54)(H,47,55)(H,49,50)(H4,37,38,41)(H4,39,40,42)/t18-,19+,20+,21+,22+,23+,25+/m1/s1. The Kier molecular flexibility index (Phi) is 24.7. The predicted molar refractivity (Wildman–Crippen MR) is 206 cm³/mol. The smallest absolute Gasteiger partial charge is 0.303 e. The van der Waals surface area contributed by atoms with E-state index in [1.165, 1.54) is 6.92 Å². The fourth-order valence-electron chi connectivity index (χ4n) is 5.24. The maximum absolute atomic E-state index is 13.9. The van der Waals surface area contributed by atoms with Crippen molar-refractivity contribution in [2.24, 2.45) is 34.6 Å². The quantitative estimate of drug-likeness (QED) is 0.0192. The second-order valence-electron chi connectivity index (χ2n) is 13.8. The second kappa shape index (κ2) is 27.3. The van der Waals surface area contributed by atoms with Crippen molar-refractivity contribution in [1.29, 1.82) is 10.8 Å². The van der Waals surface area contributed by atoms with Crippen molar-refractivity contribution in [1.82, 2.24) is 37.2 Å². The lowest BCUT2D eigenvalue weighted by Crippen LogP contribution is -2.61. The first-order valence-corrected chi connectivity index (χ1v) is 18.5. The van der Waals surface area contributed by atoms with Gasteiger partial charge < -0.3 is 76.1 Å². The first-order chi connectivity index (χ1) is 26.2. The number of carboxylic acids is 1. The molecule has 7 atom stereocenters. The number of hydrogen-bond acceptors (Lipinski definition) is 12. The van der Waals surface area contributed by atoms with Gasteiger partial charge in [-0.1, -0.05) is 20.3 Å². The van der Waals surface area contributed by atoms with E-state index in [2.05, 4.69) is 37.2 Å². The Morgan fingerprint density at radius 3 is 1.50 bits per heavy atom. The summed E-state index contributed by atoms with van der Waals surface area (Å²) < 4.78 is 0. The maximum atomic E-state index is 13.9. The summed E-state index contributed by atoms with van der Waals surface area (Å²) in [6.07, 6.45) is -0.295. The van der Waals surface area contributed by atoms with E-state index in [0.717, 1.165) is 0 Å². The molecule has 0 aromatic heterocycles. The van der Waals surface area contributed by atoms with Gasteiger partial charge in [0.15, 0.2) is 11.9 Å². The number of aliphatic hydroxyl groups excluding tert-OH is 1. The molecule has 0 aliphatic carbocycles. The van der Waals surface area contributed by atoms with Crippen LogP contribution in [0, 0.1) is 16.7 Å². The Labute approximate surface area is 326 Å². The lowest BCUT2D eigenvalue weighted by Gasteiger charge is -2.28. The lowest BCUT2D eigenvalue weighted by atomic mass is 10.0. The number of nitrogens with two attached hydrogens (primary N) is 5. The van der Waals surface area contributed by atoms with Crippen LogP contribution in [-0.4, -0.2) is 126 Å². The number of primary amides is 1. The van der Waals surface area contributed by atoms with Crippen molar-refractivity contribution >= 4 is 53.3 Å². The van der Waals surface area contributed by atoms with Gasteiger partial charge in [0.2, 0.25) is 35.4 Å². The van der Waals surface area contributed by atoms with Crippen LogP contribution >= 0.6 is 0 Å². The zero-order chi connectivity index (χ0) is 43.0. The fourth-order valence-corrected chi connectivity index (χ4v) is 5.24. The van der Waals surface area contributed by atoms with Crippen molar-refractivity contribution in [3.8, 4) is 0 Å². The molecule has 0 aliphatic rings. The summed E-state index contributed by atoms with van der Waals surface area (Å²) in [7, 11) is 0. The molecule has 0 aromatic carbocycles. The molecular weight excluding hydrogens is 736 g/mol. The first-order valence-electron chi connectivity index (χ1n) is 18.5. The zero-order valence-corrected chi connectivity index (χ0v) is 32.5. The third-order valence-corrected chi connectivity index (χ3v) is 8.25. The summed E-state index contributed by atoms with van der Waals surface area (Å²) in [6, 6.07) is -7.81. The summed E-state index contributed by atoms with van der Waals surface area (Å²) >= 11 is 0. The molecule has 23 nitrogen and oxygen atoms in total. The van der Waals surface area contributed by atoms with Crippen molar-refractivity contribution < 1.29 is 43.8 Å². The van der Waals surface area contributed by atoms with Gasteiger partial charge in [-0.05, 0) is 70.8 Å². The summed E-state index contributed by atoms with van der Waals surface area (Å²) in [5.74, 6) is -7.21. The van der Waals surface area contributed by atoms with E-state index in [1.54, 1.807) is 13.8 Å². The highest BCUT2D eigenvalue weighted by molar-refractivity contribution is 5.96. The average molecular weight is 801 g/mol. The molecule has 6 amide bonds. The molecule has 21 N–H and O–H groups in total. The van der Waals surface area contributed by atoms with Gasteiger partial charge in [-0.2, -0.15) is 0 Å². The normalized spacial score (nSPS) is 14.7. The monoisotopic (exact) mass is 800 g/mol. The number of guanidine groups is 2. The van der Waals surface area contributed by atoms with Gasteiger partial charge >= 0.3 is 5.97 Å². The molecule has 0 bridgehead atoms. The topological polar surface area (TPSA) is 422 Å². The summed E-state index contributed by atoms with van der Waals surface area (Å²) in [4.78, 5) is 90.1. The largest absolute Gasteiger partial charge is 0.481 e. The second-order valence-corrected chi connectivity index (χ2v) is 13.8. The van der Waals surface area contributed by atoms with Crippen LogP contribution in [0.2, 0.25) is 0 Å². The Hall–Kier alpha value is -5.29. The molecular formula is C33H64N14O9. The Morgan fingerprint density at radius 2 is 1.07 bits per heavy atom. The highest BCUT2D eigenvalue weighted by atomic mass is 16.4. The molecule has 0 fully saturated rings. The number of carboxylic acid groups (broad SMARTS) is 1. The molecule has 0 radical (unpaired) electrons. The first kappa shape index (κ1) is 50.7. The van der Waals surface area contributed by atoms with E-state index < -0.39 is 90.2 Å². The minimum atomic E-state index is -1.66. The number of carbonyl (C=O) groups excluding carboxylic acids is 6. The minimum Gasteiger partial charge on any atom is -0.481 e. The van der Waals surface area contributed by atoms with E-state index in [0.29, 0.717) is 25.8 Å². The Morgan fingerprint density at radius 1 is 0.607 bits per heavy atom. The number of carbonyl (C=O) groups is 7. The van der Waals surface area contributed by atoms with Crippen LogP contribution in [0.4, 0.5) is 0 Å². The Balaban J connectivity index is 6.31. The van der Waals surface area contributed by atoms with Gasteiger partial charge in [0, 0.05) is 19.5 Å². The molecule has 0 aromatic rings. The maximum Gasteiger partial charge on any atom is 0.303 e. The Bertz CT molecular complexity index is 1330. The van der Waals surface area contributed by atoms with Crippen molar-refractivity contribution in [2.75, 3.05) is 19.6 Å². The zero-order valence-electron chi connectivity index (χ0n) is 32.5. The number of hydrogen-bond donors (Lipinski definition) is 16. The molecule has 0 saturated carbocycles. The van der Waals surface area contributed by atoms with E-state index in [-0.39, 0.29) is 69.5 Å². The number of amides is 6. The minimum absolute atomic E-state index is 0.0252. The molecule has 0 heterocycles. The van der Waals surface area contributed by atoms with Crippen LogP contribution in [0.15, 0.2) is 0 Å². The molecule has 320 valence electrons. The summed E-state index contributed by atoms with van der Waals surface area (Å²) in [5.41, 5.74) is 27.6. The van der Waals surface area contributed by atoms with E-state index in [9.17, 15) is 38.7 Å². The molecule has 56 heavy (non-hydrogen) atoms. The number of unbranched alkanes of at least 4 members (excludes halogenated alkanes) is 1. The number of aliphatic hydroxyl groups is 1. The predicted octanol–water partition coefficient (Wildman–Crippen LogP) is -4.83. The van der Waals surface area contributed by atoms with E-state index >= 15 is 0 Å². The van der Waals surface area contributed by atoms with Gasteiger partial charge in [-0.25, -0.2) is 0 Å².